The van der Waals surface area contributed by atoms with Gasteiger partial charge in [0.2, 0.25) is 5.91 Å². The molecule has 0 fully saturated rings. The van der Waals surface area contributed by atoms with Gasteiger partial charge in [0.15, 0.2) is 9.84 Å². The highest BCUT2D eigenvalue weighted by Gasteiger charge is 2.08. The number of nitrogens with one attached hydrogen (secondary N) is 1. The first kappa shape index (κ1) is 16.8. The Morgan fingerprint density at radius 2 is 1.76 bits per heavy atom. The number of anilines is 1. The molecule has 0 unspecified atom stereocenters. The van der Waals surface area contributed by atoms with Crippen LogP contribution in [0.2, 0.25) is 0 Å². The number of tetrazole rings is 1. The van der Waals surface area contributed by atoms with Crippen LogP contribution in [0.5, 0.6) is 0 Å². The van der Waals surface area contributed by atoms with E-state index in [4.69, 9.17) is 0 Å². The van der Waals surface area contributed by atoms with E-state index in [2.05, 4.69) is 20.8 Å². The number of carbonyl (C=O) groups is 1. The summed E-state index contributed by atoms with van der Waals surface area (Å²) in [6.07, 6.45) is 2.82. The van der Waals surface area contributed by atoms with Gasteiger partial charge in [0.1, 0.15) is 6.33 Å². The predicted octanol–water partition coefficient (Wildman–Crippen LogP) is 1.25. The number of carbonyl (C=O) groups excluding carboxylic acids is 1. The van der Waals surface area contributed by atoms with Crippen LogP contribution in [0.4, 0.5) is 5.69 Å². The molecule has 0 aliphatic heterocycles. The Morgan fingerprint density at radius 3 is 2.32 bits per heavy atom. The Labute approximate surface area is 144 Å². The zero-order valence-electron chi connectivity index (χ0n) is 13.3. The van der Waals surface area contributed by atoms with Crippen molar-refractivity contribution in [1.82, 2.24) is 20.2 Å². The molecule has 0 saturated heterocycles. The van der Waals surface area contributed by atoms with Gasteiger partial charge in [0.25, 0.3) is 0 Å². The molecule has 0 radical (unpaired) electrons. The summed E-state index contributed by atoms with van der Waals surface area (Å²) in [6.45, 7) is 0. The number of sulfone groups is 1. The third kappa shape index (κ3) is 4.27. The predicted molar refractivity (Wildman–Crippen MR) is 91.0 cm³/mol. The van der Waals surface area contributed by atoms with Crippen LogP contribution in [-0.4, -0.2) is 40.8 Å². The zero-order chi connectivity index (χ0) is 17.9. The first-order valence-corrected chi connectivity index (χ1v) is 9.23. The van der Waals surface area contributed by atoms with Gasteiger partial charge in [-0.05, 0) is 52.4 Å². The molecule has 1 amide bonds. The average molecular weight is 357 g/mol. The summed E-state index contributed by atoms with van der Waals surface area (Å²) in [4.78, 5) is 12.3. The van der Waals surface area contributed by atoms with E-state index in [0.29, 0.717) is 5.69 Å². The lowest BCUT2D eigenvalue weighted by atomic mass is 10.1. The molecule has 2 aromatic carbocycles. The number of nitrogens with zero attached hydrogens (tertiary/aromatic N) is 4. The van der Waals surface area contributed by atoms with Crippen molar-refractivity contribution in [2.75, 3.05) is 11.6 Å². The fourth-order valence-corrected chi connectivity index (χ4v) is 2.85. The first-order valence-electron chi connectivity index (χ1n) is 7.34. The quantitative estimate of drug-likeness (QED) is 0.736. The molecule has 0 aliphatic rings. The van der Waals surface area contributed by atoms with Crippen LogP contribution in [0.3, 0.4) is 0 Å². The maximum absolute atomic E-state index is 12.1. The van der Waals surface area contributed by atoms with Crippen LogP contribution in [0.15, 0.2) is 59.8 Å². The minimum atomic E-state index is -3.25. The molecule has 3 aromatic rings. The van der Waals surface area contributed by atoms with Crippen LogP contribution in [-0.2, 0) is 21.1 Å². The zero-order valence-corrected chi connectivity index (χ0v) is 14.1. The molecule has 128 valence electrons. The third-order valence-electron chi connectivity index (χ3n) is 3.48. The highest BCUT2D eigenvalue weighted by atomic mass is 32.2. The molecule has 8 nitrogen and oxygen atoms in total. The molecule has 3 rings (SSSR count). The summed E-state index contributed by atoms with van der Waals surface area (Å²) in [6, 6.07) is 13.3. The van der Waals surface area contributed by atoms with E-state index in [-0.39, 0.29) is 17.2 Å². The van der Waals surface area contributed by atoms with Gasteiger partial charge in [-0.15, -0.1) is 5.10 Å². The van der Waals surface area contributed by atoms with Crippen molar-refractivity contribution < 1.29 is 13.2 Å². The lowest BCUT2D eigenvalue weighted by Crippen LogP contribution is -2.14. The summed E-state index contributed by atoms with van der Waals surface area (Å²) in [5.74, 6) is -0.192. The van der Waals surface area contributed by atoms with Gasteiger partial charge in [-0.2, -0.15) is 0 Å². The highest BCUT2D eigenvalue weighted by molar-refractivity contribution is 7.90. The Kier molecular flexibility index (Phi) is 4.57. The summed E-state index contributed by atoms with van der Waals surface area (Å²) in [5.41, 5.74) is 2.18. The second-order valence-corrected chi connectivity index (χ2v) is 7.46. The van der Waals surface area contributed by atoms with Gasteiger partial charge >= 0.3 is 0 Å². The normalized spacial score (nSPS) is 11.2. The van der Waals surface area contributed by atoms with Crippen molar-refractivity contribution in [1.29, 1.82) is 0 Å². The number of rotatable bonds is 5. The van der Waals surface area contributed by atoms with Crippen molar-refractivity contribution >= 4 is 21.4 Å². The smallest absolute Gasteiger partial charge is 0.228 e. The summed E-state index contributed by atoms with van der Waals surface area (Å²) >= 11 is 0. The van der Waals surface area contributed by atoms with E-state index >= 15 is 0 Å². The van der Waals surface area contributed by atoms with Gasteiger partial charge in [0.05, 0.1) is 17.0 Å². The molecule has 0 bridgehead atoms. The van der Waals surface area contributed by atoms with E-state index in [1.807, 2.05) is 24.3 Å². The molecule has 1 N–H and O–H groups in total. The standard InChI is InChI=1S/C16H15N5O3S/c1-25(23,24)15-8-4-13(5-9-15)18-16(22)10-12-2-6-14(7-3-12)21-11-17-19-20-21/h2-9,11H,10H2,1H3,(H,18,22). The Morgan fingerprint density at radius 1 is 1.08 bits per heavy atom. The number of aromatic nitrogens is 4. The highest BCUT2D eigenvalue weighted by Crippen LogP contribution is 2.15. The van der Waals surface area contributed by atoms with Crippen LogP contribution in [0.1, 0.15) is 5.56 Å². The van der Waals surface area contributed by atoms with E-state index in [9.17, 15) is 13.2 Å². The number of hydrogen-bond donors (Lipinski definition) is 1. The minimum Gasteiger partial charge on any atom is -0.326 e. The van der Waals surface area contributed by atoms with E-state index in [0.717, 1.165) is 17.5 Å². The first-order chi connectivity index (χ1) is 11.9. The molecule has 1 aromatic heterocycles. The Balaban J connectivity index is 1.62. The Bertz CT molecular complexity index is 966. The molecular weight excluding hydrogens is 342 g/mol. The molecular formula is C16H15N5O3S. The van der Waals surface area contributed by atoms with Crippen molar-refractivity contribution in [3.05, 3.63) is 60.4 Å². The van der Waals surface area contributed by atoms with Crippen LogP contribution < -0.4 is 5.32 Å². The van der Waals surface area contributed by atoms with Gasteiger partial charge in [-0.3, -0.25) is 4.79 Å². The lowest BCUT2D eigenvalue weighted by Gasteiger charge is -2.07. The third-order valence-corrected chi connectivity index (χ3v) is 4.61. The largest absolute Gasteiger partial charge is 0.326 e. The molecule has 25 heavy (non-hydrogen) atoms. The van der Waals surface area contributed by atoms with Crippen LogP contribution >= 0.6 is 0 Å². The van der Waals surface area contributed by atoms with Crippen LogP contribution in [0, 0.1) is 0 Å². The number of hydrogen-bond acceptors (Lipinski definition) is 6. The lowest BCUT2D eigenvalue weighted by molar-refractivity contribution is -0.115. The molecule has 0 spiro atoms. The topological polar surface area (TPSA) is 107 Å². The minimum absolute atomic E-state index is 0.192. The average Bonchev–Trinajstić information content (AvgIpc) is 3.09. The molecule has 0 saturated carbocycles. The maximum Gasteiger partial charge on any atom is 0.228 e. The van der Waals surface area contributed by atoms with E-state index < -0.39 is 9.84 Å². The number of amides is 1. The van der Waals surface area contributed by atoms with E-state index in [1.54, 1.807) is 12.1 Å². The van der Waals surface area contributed by atoms with Gasteiger partial charge < -0.3 is 5.32 Å². The monoisotopic (exact) mass is 357 g/mol. The molecule has 0 atom stereocenters. The van der Waals surface area contributed by atoms with Crippen molar-refractivity contribution in [2.45, 2.75) is 11.3 Å². The molecule has 9 heteroatoms. The maximum atomic E-state index is 12.1. The summed E-state index contributed by atoms with van der Waals surface area (Å²) in [5, 5.41) is 13.7. The van der Waals surface area contributed by atoms with Gasteiger partial charge in [0, 0.05) is 11.9 Å². The summed E-state index contributed by atoms with van der Waals surface area (Å²) in [7, 11) is -3.25. The van der Waals surface area contributed by atoms with Gasteiger partial charge in [-0.1, -0.05) is 12.1 Å². The fourth-order valence-electron chi connectivity index (χ4n) is 2.22. The fraction of sp³-hybridized carbons (Fsp3) is 0.125. The van der Waals surface area contributed by atoms with Crippen molar-refractivity contribution in [3.8, 4) is 5.69 Å². The summed E-state index contributed by atoms with van der Waals surface area (Å²) < 4.78 is 24.4. The second kappa shape index (κ2) is 6.81. The SMILES string of the molecule is CS(=O)(=O)c1ccc(NC(=O)Cc2ccc(-n3cnnn3)cc2)cc1. The van der Waals surface area contributed by atoms with Crippen molar-refractivity contribution in [2.24, 2.45) is 0 Å². The van der Waals surface area contributed by atoms with Crippen molar-refractivity contribution in [3.63, 3.8) is 0 Å². The van der Waals surface area contributed by atoms with Gasteiger partial charge in [-0.25, -0.2) is 13.1 Å². The molecule has 0 aliphatic carbocycles. The van der Waals surface area contributed by atoms with Crippen LogP contribution in [0.25, 0.3) is 5.69 Å². The van der Waals surface area contributed by atoms with E-state index in [1.165, 1.54) is 23.1 Å². The number of benzene rings is 2. The molecule has 1 heterocycles. The second-order valence-electron chi connectivity index (χ2n) is 5.44. The Hall–Kier alpha value is -3.07.